The zero-order chi connectivity index (χ0) is 9.64. The van der Waals surface area contributed by atoms with Crippen molar-refractivity contribution in [1.29, 1.82) is 0 Å². The van der Waals surface area contributed by atoms with E-state index in [4.69, 9.17) is 0 Å². The van der Waals surface area contributed by atoms with Gasteiger partial charge < -0.3 is 5.32 Å². The smallest absolute Gasteiger partial charge is 0.0235 e. The van der Waals surface area contributed by atoms with Gasteiger partial charge in [0.05, 0.1) is 0 Å². The SMILES string of the molecule is C1=CC=CC(CN2CCNCC2)=CC=1. The van der Waals surface area contributed by atoms with Gasteiger partial charge in [0.1, 0.15) is 0 Å². The van der Waals surface area contributed by atoms with Crippen molar-refractivity contribution in [2.24, 2.45) is 0 Å². The van der Waals surface area contributed by atoms with Crippen LogP contribution in [0.15, 0.2) is 41.7 Å². The molecule has 1 N–H and O–H groups in total. The third kappa shape index (κ3) is 2.71. The Bertz CT molecular complexity index is 300. The van der Waals surface area contributed by atoms with E-state index in [9.17, 15) is 0 Å². The van der Waals surface area contributed by atoms with Crippen LogP contribution in [0, 0.1) is 0 Å². The largest absolute Gasteiger partial charge is 0.314 e. The number of allylic oxidation sites excluding steroid dienone is 3. The molecule has 0 radical (unpaired) electrons. The van der Waals surface area contributed by atoms with Gasteiger partial charge in [0.15, 0.2) is 0 Å². The van der Waals surface area contributed by atoms with Crippen LogP contribution in [0.5, 0.6) is 0 Å². The van der Waals surface area contributed by atoms with E-state index < -0.39 is 0 Å². The minimum Gasteiger partial charge on any atom is -0.314 e. The summed E-state index contributed by atoms with van der Waals surface area (Å²) in [6, 6.07) is 0. The third-order valence-electron chi connectivity index (χ3n) is 2.51. The minimum atomic E-state index is 1.06. The maximum absolute atomic E-state index is 3.36. The molecule has 0 saturated carbocycles. The molecule has 2 nitrogen and oxygen atoms in total. The zero-order valence-corrected chi connectivity index (χ0v) is 8.37. The Morgan fingerprint density at radius 3 is 3.00 bits per heavy atom. The second-order valence-electron chi connectivity index (χ2n) is 3.63. The van der Waals surface area contributed by atoms with Gasteiger partial charge in [-0.25, -0.2) is 0 Å². The molecule has 2 heteroatoms. The fraction of sp³-hybridized carbons (Fsp3) is 0.417. The lowest BCUT2D eigenvalue weighted by Gasteiger charge is -2.27. The van der Waals surface area contributed by atoms with Crippen molar-refractivity contribution in [3.05, 3.63) is 41.7 Å². The Morgan fingerprint density at radius 1 is 1.29 bits per heavy atom. The molecule has 2 rings (SSSR count). The Kier molecular flexibility index (Phi) is 3.36. The van der Waals surface area contributed by atoms with Crippen molar-refractivity contribution in [2.75, 3.05) is 32.7 Å². The average Bonchev–Trinajstić information content (AvgIpc) is 2.48. The molecule has 0 aromatic carbocycles. The van der Waals surface area contributed by atoms with Gasteiger partial charge in [-0.1, -0.05) is 12.2 Å². The highest BCUT2D eigenvalue weighted by atomic mass is 15.2. The standard InChI is InChI=1S/C12H16N2/c1-2-4-6-12(5-3-1)11-14-9-7-13-8-10-14/h1,3-6,13H,7-11H2. The number of piperazine rings is 1. The summed E-state index contributed by atoms with van der Waals surface area (Å²) in [5.74, 6) is 0. The summed E-state index contributed by atoms with van der Waals surface area (Å²) < 4.78 is 0. The van der Waals surface area contributed by atoms with E-state index in [0.29, 0.717) is 0 Å². The molecular weight excluding hydrogens is 172 g/mol. The highest BCUT2D eigenvalue weighted by Gasteiger charge is 2.09. The molecule has 0 atom stereocenters. The monoisotopic (exact) mass is 188 g/mol. The minimum absolute atomic E-state index is 1.06. The second-order valence-corrected chi connectivity index (χ2v) is 3.63. The second kappa shape index (κ2) is 4.97. The Balaban J connectivity index is 1.90. The van der Waals surface area contributed by atoms with Gasteiger partial charge in [0.2, 0.25) is 0 Å². The molecule has 0 unspecified atom stereocenters. The molecule has 0 spiro atoms. The summed E-state index contributed by atoms with van der Waals surface area (Å²) in [5, 5.41) is 3.36. The molecule has 14 heavy (non-hydrogen) atoms. The summed E-state index contributed by atoms with van der Waals surface area (Å²) in [6.07, 6.45) is 10.3. The number of hydrogen-bond acceptors (Lipinski definition) is 2. The quantitative estimate of drug-likeness (QED) is 0.653. The first-order valence-corrected chi connectivity index (χ1v) is 5.16. The normalized spacial score (nSPS) is 22.1. The van der Waals surface area contributed by atoms with Crippen molar-refractivity contribution >= 4 is 0 Å². The van der Waals surface area contributed by atoms with Gasteiger partial charge >= 0.3 is 0 Å². The zero-order valence-electron chi connectivity index (χ0n) is 8.37. The van der Waals surface area contributed by atoms with E-state index in [1.807, 2.05) is 12.2 Å². The van der Waals surface area contributed by atoms with Gasteiger partial charge in [-0.2, -0.15) is 0 Å². The van der Waals surface area contributed by atoms with Crippen LogP contribution in [0.3, 0.4) is 0 Å². The summed E-state index contributed by atoms with van der Waals surface area (Å²) in [6.45, 7) is 5.60. The summed E-state index contributed by atoms with van der Waals surface area (Å²) in [7, 11) is 0. The molecule has 1 saturated heterocycles. The molecular formula is C12H16N2. The predicted molar refractivity (Wildman–Crippen MR) is 59.2 cm³/mol. The van der Waals surface area contributed by atoms with Crippen LogP contribution < -0.4 is 5.32 Å². The van der Waals surface area contributed by atoms with E-state index in [1.54, 1.807) is 0 Å². The van der Waals surface area contributed by atoms with E-state index in [-0.39, 0.29) is 0 Å². The molecule has 0 aromatic rings. The van der Waals surface area contributed by atoms with Crippen molar-refractivity contribution in [1.82, 2.24) is 10.2 Å². The van der Waals surface area contributed by atoms with Crippen molar-refractivity contribution in [3.63, 3.8) is 0 Å². The van der Waals surface area contributed by atoms with E-state index in [1.165, 1.54) is 5.57 Å². The number of rotatable bonds is 2. The molecule has 74 valence electrons. The van der Waals surface area contributed by atoms with Crippen LogP contribution >= 0.6 is 0 Å². The molecule has 0 amide bonds. The van der Waals surface area contributed by atoms with Crippen LogP contribution in [-0.4, -0.2) is 37.6 Å². The number of nitrogens with one attached hydrogen (secondary N) is 1. The topological polar surface area (TPSA) is 15.3 Å². The molecule has 2 aliphatic rings. The predicted octanol–water partition coefficient (Wildman–Crippen LogP) is 1.10. The maximum atomic E-state index is 3.36. The molecule has 1 heterocycles. The van der Waals surface area contributed by atoms with Gasteiger partial charge in [-0.05, 0) is 23.8 Å². The van der Waals surface area contributed by atoms with Gasteiger partial charge in [0.25, 0.3) is 0 Å². The number of hydrogen-bond donors (Lipinski definition) is 1. The third-order valence-corrected chi connectivity index (χ3v) is 2.51. The van der Waals surface area contributed by atoms with Gasteiger partial charge in [0, 0.05) is 32.7 Å². The van der Waals surface area contributed by atoms with Crippen molar-refractivity contribution in [2.45, 2.75) is 0 Å². The van der Waals surface area contributed by atoms with E-state index in [2.05, 4.69) is 34.2 Å². The fourth-order valence-corrected chi connectivity index (χ4v) is 1.73. The van der Waals surface area contributed by atoms with Crippen LogP contribution in [0.4, 0.5) is 0 Å². The highest BCUT2D eigenvalue weighted by Crippen LogP contribution is 2.05. The van der Waals surface area contributed by atoms with Crippen LogP contribution in [-0.2, 0) is 0 Å². The first-order chi connectivity index (χ1) is 6.95. The molecule has 0 bridgehead atoms. The van der Waals surface area contributed by atoms with Gasteiger partial charge in [-0.3, -0.25) is 4.90 Å². The molecule has 1 aliphatic heterocycles. The molecule has 1 aliphatic carbocycles. The lowest BCUT2D eigenvalue weighted by molar-refractivity contribution is 0.261. The Hall–Kier alpha value is -1.08. The highest BCUT2D eigenvalue weighted by molar-refractivity contribution is 5.30. The molecule has 1 fully saturated rings. The fourth-order valence-electron chi connectivity index (χ4n) is 1.73. The van der Waals surface area contributed by atoms with Crippen LogP contribution in [0.2, 0.25) is 0 Å². The maximum Gasteiger partial charge on any atom is 0.0235 e. The first kappa shape index (κ1) is 9.47. The summed E-state index contributed by atoms with van der Waals surface area (Å²) >= 11 is 0. The lowest BCUT2D eigenvalue weighted by Crippen LogP contribution is -2.44. The van der Waals surface area contributed by atoms with E-state index >= 15 is 0 Å². The average molecular weight is 188 g/mol. The van der Waals surface area contributed by atoms with Crippen LogP contribution in [0.1, 0.15) is 0 Å². The van der Waals surface area contributed by atoms with E-state index in [0.717, 1.165) is 32.7 Å². The molecule has 0 aromatic heterocycles. The number of nitrogens with zero attached hydrogens (tertiary/aromatic N) is 1. The summed E-state index contributed by atoms with van der Waals surface area (Å²) in [5.41, 5.74) is 4.44. The summed E-state index contributed by atoms with van der Waals surface area (Å²) in [4.78, 5) is 2.48. The Labute approximate surface area is 85.3 Å². The van der Waals surface area contributed by atoms with Crippen molar-refractivity contribution < 1.29 is 0 Å². The van der Waals surface area contributed by atoms with Crippen LogP contribution in [0.25, 0.3) is 0 Å². The van der Waals surface area contributed by atoms with Gasteiger partial charge in [-0.15, -0.1) is 5.73 Å². The first-order valence-electron chi connectivity index (χ1n) is 5.16. The Morgan fingerprint density at radius 2 is 2.14 bits per heavy atom. The lowest BCUT2D eigenvalue weighted by atomic mass is 10.2. The van der Waals surface area contributed by atoms with Crippen molar-refractivity contribution in [3.8, 4) is 0 Å².